The molecular formula is C16H12F3N3O7. The molecule has 2 aromatic carbocycles. The predicted octanol–water partition coefficient (Wildman–Crippen LogP) is 3.55. The number of alkyl halides is 3. The van der Waals surface area contributed by atoms with E-state index in [1.165, 1.54) is 13.2 Å². The van der Waals surface area contributed by atoms with Gasteiger partial charge in [-0.05, 0) is 18.2 Å². The molecule has 0 unspecified atom stereocenters. The number of hydrogen-bond acceptors (Lipinski definition) is 7. The maximum absolute atomic E-state index is 13.1. The van der Waals surface area contributed by atoms with E-state index in [9.17, 15) is 38.2 Å². The molecule has 0 fully saturated rings. The molecule has 29 heavy (non-hydrogen) atoms. The summed E-state index contributed by atoms with van der Waals surface area (Å²) < 4.78 is 49.2. The zero-order chi connectivity index (χ0) is 21.8. The molecule has 0 radical (unpaired) electrons. The van der Waals surface area contributed by atoms with E-state index < -0.39 is 51.2 Å². The minimum atomic E-state index is -4.97. The van der Waals surface area contributed by atoms with E-state index in [2.05, 4.69) is 0 Å². The minimum absolute atomic E-state index is 0.161. The van der Waals surface area contributed by atoms with Gasteiger partial charge in [-0.2, -0.15) is 13.2 Å². The zero-order valence-electron chi connectivity index (χ0n) is 14.6. The highest BCUT2D eigenvalue weighted by atomic mass is 19.4. The standard InChI is InChI=1S/C16H12F3N3O7/c1-28-10-3-5-14(13(7-10)22(26)27)29-8-15(23)20-12-4-2-9(21(24)25)6-11(12)16(17,18)19/h2-7H,8H2,1H3,(H,20,23). The van der Waals surface area contributed by atoms with E-state index in [0.717, 1.165) is 24.3 Å². The molecule has 2 aromatic rings. The van der Waals surface area contributed by atoms with Crippen LogP contribution in [-0.4, -0.2) is 29.5 Å². The fourth-order valence-corrected chi connectivity index (χ4v) is 2.21. The van der Waals surface area contributed by atoms with E-state index in [1.807, 2.05) is 5.32 Å². The van der Waals surface area contributed by atoms with Gasteiger partial charge in [0.15, 0.2) is 12.4 Å². The zero-order valence-corrected chi connectivity index (χ0v) is 14.6. The molecule has 0 aliphatic carbocycles. The Hall–Kier alpha value is -3.90. The molecule has 0 saturated heterocycles. The average Bonchev–Trinajstić information content (AvgIpc) is 2.65. The normalized spacial score (nSPS) is 10.9. The minimum Gasteiger partial charge on any atom is -0.496 e. The van der Waals surface area contributed by atoms with Crippen molar-refractivity contribution in [1.82, 2.24) is 0 Å². The van der Waals surface area contributed by atoms with Gasteiger partial charge in [0.1, 0.15) is 5.75 Å². The summed E-state index contributed by atoms with van der Waals surface area (Å²) in [6, 6.07) is 5.35. The second kappa shape index (κ2) is 8.41. The van der Waals surface area contributed by atoms with Crippen LogP contribution in [0.25, 0.3) is 0 Å². The third kappa shape index (κ3) is 5.31. The number of nitrogens with zero attached hydrogens (tertiary/aromatic N) is 2. The van der Waals surface area contributed by atoms with Gasteiger partial charge in [0, 0.05) is 12.1 Å². The van der Waals surface area contributed by atoms with Crippen molar-refractivity contribution in [2.45, 2.75) is 6.18 Å². The smallest absolute Gasteiger partial charge is 0.418 e. The van der Waals surface area contributed by atoms with Crippen LogP contribution in [0.5, 0.6) is 11.5 Å². The molecule has 1 amide bonds. The van der Waals surface area contributed by atoms with Gasteiger partial charge in [0.2, 0.25) is 0 Å². The van der Waals surface area contributed by atoms with Crippen LogP contribution in [0.3, 0.4) is 0 Å². The molecule has 1 N–H and O–H groups in total. The molecule has 0 aliphatic heterocycles. The molecule has 0 saturated carbocycles. The van der Waals surface area contributed by atoms with Crippen molar-refractivity contribution in [3.05, 3.63) is 62.2 Å². The summed E-state index contributed by atoms with van der Waals surface area (Å²) in [5.41, 5.74) is -3.46. The first-order valence-electron chi connectivity index (χ1n) is 7.63. The molecule has 2 rings (SSSR count). The Morgan fingerprint density at radius 1 is 1.10 bits per heavy atom. The maximum atomic E-state index is 13.1. The Bertz CT molecular complexity index is 963. The lowest BCUT2D eigenvalue weighted by atomic mass is 10.1. The van der Waals surface area contributed by atoms with Gasteiger partial charge < -0.3 is 14.8 Å². The summed E-state index contributed by atoms with van der Waals surface area (Å²) in [5.74, 6) is -1.20. The number of benzene rings is 2. The van der Waals surface area contributed by atoms with Gasteiger partial charge in [-0.15, -0.1) is 0 Å². The monoisotopic (exact) mass is 415 g/mol. The number of nitro groups is 2. The first-order valence-corrected chi connectivity index (χ1v) is 7.63. The number of non-ortho nitro benzene ring substituents is 1. The SMILES string of the molecule is COc1ccc(OCC(=O)Nc2ccc([N+](=O)[O-])cc2C(F)(F)F)c([N+](=O)[O-])c1. The summed E-state index contributed by atoms with van der Waals surface area (Å²) in [6.07, 6.45) is -4.97. The molecule has 0 spiro atoms. The van der Waals surface area contributed by atoms with Crippen molar-refractivity contribution in [3.8, 4) is 11.5 Å². The van der Waals surface area contributed by atoms with Crippen LogP contribution in [0.2, 0.25) is 0 Å². The van der Waals surface area contributed by atoms with E-state index >= 15 is 0 Å². The van der Waals surface area contributed by atoms with E-state index in [4.69, 9.17) is 9.47 Å². The van der Waals surface area contributed by atoms with Crippen LogP contribution in [0, 0.1) is 20.2 Å². The number of carbonyl (C=O) groups excluding carboxylic acids is 1. The number of hydrogen-bond donors (Lipinski definition) is 1. The highest BCUT2D eigenvalue weighted by Crippen LogP contribution is 2.37. The lowest BCUT2D eigenvalue weighted by Gasteiger charge is -2.14. The van der Waals surface area contributed by atoms with E-state index in [1.54, 1.807) is 0 Å². The Labute approximate surface area is 160 Å². The Morgan fingerprint density at radius 2 is 1.79 bits per heavy atom. The topological polar surface area (TPSA) is 134 Å². The van der Waals surface area contributed by atoms with Crippen molar-refractivity contribution in [3.63, 3.8) is 0 Å². The van der Waals surface area contributed by atoms with Gasteiger partial charge >= 0.3 is 11.9 Å². The van der Waals surface area contributed by atoms with Crippen molar-refractivity contribution in [2.24, 2.45) is 0 Å². The lowest BCUT2D eigenvalue weighted by Crippen LogP contribution is -2.22. The molecular weight excluding hydrogens is 403 g/mol. The van der Waals surface area contributed by atoms with Crippen molar-refractivity contribution in [2.75, 3.05) is 19.0 Å². The highest BCUT2D eigenvalue weighted by Gasteiger charge is 2.35. The summed E-state index contributed by atoms with van der Waals surface area (Å²) in [7, 11) is 1.29. The maximum Gasteiger partial charge on any atom is 0.418 e. The first-order chi connectivity index (χ1) is 13.5. The fourth-order valence-electron chi connectivity index (χ4n) is 2.21. The lowest BCUT2D eigenvalue weighted by molar-refractivity contribution is -0.385. The van der Waals surface area contributed by atoms with Crippen molar-refractivity contribution >= 4 is 23.0 Å². The molecule has 13 heteroatoms. The number of halogens is 3. The van der Waals surface area contributed by atoms with Crippen molar-refractivity contribution in [1.29, 1.82) is 0 Å². The van der Waals surface area contributed by atoms with Crippen LogP contribution < -0.4 is 14.8 Å². The molecule has 0 heterocycles. The number of methoxy groups -OCH3 is 1. The number of amides is 1. The highest BCUT2D eigenvalue weighted by molar-refractivity contribution is 5.93. The molecule has 0 aliphatic rings. The number of nitrogens with one attached hydrogen (secondary N) is 1. The number of ether oxygens (including phenoxy) is 2. The summed E-state index contributed by atoms with van der Waals surface area (Å²) in [4.78, 5) is 31.9. The second-order valence-electron chi connectivity index (χ2n) is 5.41. The summed E-state index contributed by atoms with van der Waals surface area (Å²) >= 11 is 0. The molecule has 0 atom stereocenters. The number of anilines is 1. The first kappa shape index (κ1) is 21.4. The van der Waals surface area contributed by atoms with Gasteiger partial charge in [-0.25, -0.2) is 0 Å². The Morgan fingerprint density at radius 3 is 2.34 bits per heavy atom. The molecule has 0 bridgehead atoms. The molecule has 154 valence electrons. The van der Waals surface area contributed by atoms with Gasteiger partial charge in [0.05, 0.1) is 34.3 Å². The Kier molecular flexibility index (Phi) is 6.21. The van der Waals surface area contributed by atoms with Crippen molar-refractivity contribution < 1.29 is 37.3 Å². The summed E-state index contributed by atoms with van der Waals surface area (Å²) in [6.45, 7) is -0.846. The predicted molar refractivity (Wildman–Crippen MR) is 91.9 cm³/mol. The summed E-state index contributed by atoms with van der Waals surface area (Å²) in [5, 5.41) is 23.7. The third-order valence-corrected chi connectivity index (χ3v) is 3.52. The quantitative estimate of drug-likeness (QED) is 0.540. The number of rotatable bonds is 7. The second-order valence-corrected chi connectivity index (χ2v) is 5.41. The molecule has 10 nitrogen and oxygen atoms in total. The average molecular weight is 415 g/mol. The third-order valence-electron chi connectivity index (χ3n) is 3.52. The largest absolute Gasteiger partial charge is 0.496 e. The van der Waals surface area contributed by atoms with Gasteiger partial charge in [-0.3, -0.25) is 25.0 Å². The molecule has 0 aromatic heterocycles. The van der Waals surface area contributed by atoms with Crippen LogP contribution >= 0.6 is 0 Å². The van der Waals surface area contributed by atoms with Crippen LogP contribution in [0.1, 0.15) is 5.56 Å². The van der Waals surface area contributed by atoms with Crippen LogP contribution in [-0.2, 0) is 11.0 Å². The van der Waals surface area contributed by atoms with Crippen LogP contribution in [0.15, 0.2) is 36.4 Å². The number of carbonyl (C=O) groups is 1. The van der Waals surface area contributed by atoms with Crippen LogP contribution in [0.4, 0.5) is 30.2 Å². The fraction of sp³-hybridized carbons (Fsp3) is 0.188. The van der Waals surface area contributed by atoms with Gasteiger partial charge in [-0.1, -0.05) is 0 Å². The number of nitro benzene ring substituents is 2. The Balaban J connectivity index is 2.18. The van der Waals surface area contributed by atoms with E-state index in [-0.39, 0.29) is 17.6 Å². The van der Waals surface area contributed by atoms with E-state index in [0.29, 0.717) is 0 Å². The van der Waals surface area contributed by atoms with Gasteiger partial charge in [0.25, 0.3) is 11.6 Å².